The van der Waals surface area contributed by atoms with Crippen molar-refractivity contribution in [2.45, 2.75) is 309 Å². The van der Waals surface area contributed by atoms with Gasteiger partial charge in [0.15, 0.2) is 6.10 Å². The lowest BCUT2D eigenvalue weighted by Crippen LogP contribution is -2.30. The molecule has 0 aliphatic rings. The molecule has 63 heavy (non-hydrogen) atoms. The molecule has 0 unspecified atom stereocenters. The summed E-state index contributed by atoms with van der Waals surface area (Å²) in [6, 6.07) is 0. The van der Waals surface area contributed by atoms with E-state index in [0.717, 1.165) is 64.2 Å². The largest absolute Gasteiger partial charge is 0.462 e. The van der Waals surface area contributed by atoms with Gasteiger partial charge in [-0.3, -0.25) is 14.4 Å². The molecule has 0 radical (unpaired) electrons. The first kappa shape index (κ1) is 60.9. The number of hydrogen-bond donors (Lipinski definition) is 0. The number of allylic oxidation sites excluding steroid dienone is 4. The molecular weight excluding hydrogens is 781 g/mol. The van der Waals surface area contributed by atoms with Crippen LogP contribution < -0.4 is 0 Å². The van der Waals surface area contributed by atoms with Gasteiger partial charge in [-0.25, -0.2) is 0 Å². The van der Waals surface area contributed by atoms with E-state index in [-0.39, 0.29) is 31.1 Å². The molecule has 0 fully saturated rings. The third-order valence-electron chi connectivity index (χ3n) is 12.4. The Bertz CT molecular complexity index is 1020. The molecule has 0 spiro atoms. The number of esters is 3. The van der Waals surface area contributed by atoms with Crippen molar-refractivity contribution in [3.8, 4) is 0 Å². The van der Waals surface area contributed by atoms with Crippen molar-refractivity contribution < 1.29 is 28.6 Å². The molecule has 0 saturated heterocycles. The first-order chi connectivity index (χ1) is 31.0. The molecule has 0 bridgehead atoms. The van der Waals surface area contributed by atoms with E-state index >= 15 is 0 Å². The van der Waals surface area contributed by atoms with Gasteiger partial charge in [0.05, 0.1) is 0 Å². The first-order valence-corrected chi connectivity index (χ1v) is 27.8. The summed E-state index contributed by atoms with van der Waals surface area (Å²) in [6.45, 7) is 6.65. The van der Waals surface area contributed by atoms with Crippen LogP contribution in [0.25, 0.3) is 0 Å². The molecule has 6 heteroatoms. The quantitative estimate of drug-likeness (QED) is 0.0262. The molecule has 0 heterocycles. The summed E-state index contributed by atoms with van der Waals surface area (Å²) < 4.78 is 16.8. The van der Waals surface area contributed by atoms with Gasteiger partial charge in [0, 0.05) is 19.3 Å². The predicted octanol–water partition coefficient (Wildman–Crippen LogP) is 18.3. The van der Waals surface area contributed by atoms with Crippen LogP contribution in [0.15, 0.2) is 24.3 Å². The summed E-state index contributed by atoms with van der Waals surface area (Å²) >= 11 is 0. The van der Waals surface area contributed by atoms with E-state index in [2.05, 4.69) is 45.1 Å². The van der Waals surface area contributed by atoms with Crippen molar-refractivity contribution in [3.63, 3.8) is 0 Å². The number of hydrogen-bond acceptors (Lipinski definition) is 6. The van der Waals surface area contributed by atoms with Crippen molar-refractivity contribution in [1.29, 1.82) is 0 Å². The van der Waals surface area contributed by atoms with E-state index in [1.165, 1.54) is 199 Å². The van der Waals surface area contributed by atoms with Gasteiger partial charge < -0.3 is 14.2 Å². The molecule has 0 aliphatic carbocycles. The van der Waals surface area contributed by atoms with Crippen LogP contribution in [0.4, 0.5) is 0 Å². The number of carbonyl (C=O) groups excluding carboxylic acids is 3. The highest BCUT2D eigenvalue weighted by molar-refractivity contribution is 5.71. The van der Waals surface area contributed by atoms with Crippen LogP contribution in [-0.2, 0) is 28.6 Å². The topological polar surface area (TPSA) is 78.9 Å². The monoisotopic (exact) mass is 887 g/mol. The zero-order valence-corrected chi connectivity index (χ0v) is 42.4. The summed E-state index contributed by atoms with van der Waals surface area (Å²) in [5.74, 6) is -0.868. The molecule has 0 aromatic rings. The van der Waals surface area contributed by atoms with E-state index in [1.54, 1.807) is 0 Å². The average molecular weight is 887 g/mol. The van der Waals surface area contributed by atoms with Crippen LogP contribution in [0.5, 0.6) is 0 Å². The lowest BCUT2D eigenvalue weighted by Gasteiger charge is -2.18. The Morgan fingerprint density at radius 3 is 0.794 bits per heavy atom. The van der Waals surface area contributed by atoms with Crippen LogP contribution in [-0.4, -0.2) is 37.2 Å². The molecular formula is C57H106O6. The Morgan fingerprint density at radius 1 is 0.302 bits per heavy atom. The highest BCUT2D eigenvalue weighted by Gasteiger charge is 2.19. The summed E-state index contributed by atoms with van der Waals surface area (Å²) in [4.78, 5) is 38.1. The third kappa shape index (κ3) is 50.7. The Morgan fingerprint density at radius 2 is 0.524 bits per heavy atom. The van der Waals surface area contributed by atoms with Crippen molar-refractivity contribution in [1.82, 2.24) is 0 Å². The van der Waals surface area contributed by atoms with Gasteiger partial charge in [0.2, 0.25) is 0 Å². The Kier molecular flexibility index (Phi) is 50.8. The Hall–Kier alpha value is -2.11. The van der Waals surface area contributed by atoms with E-state index in [4.69, 9.17) is 14.2 Å². The summed E-state index contributed by atoms with van der Waals surface area (Å²) in [5, 5.41) is 0. The van der Waals surface area contributed by atoms with Crippen molar-refractivity contribution in [2.75, 3.05) is 13.2 Å². The highest BCUT2D eigenvalue weighted by Crippen LogP contribution is 2.16. The average Bonchev–Trinajstić information content (AvgIpc) is 3.28. The van der Waals surface area contributed by atoms with E-state index in [1.807, 2.05) is 0 Å². The second kappa shape index (κ2) is 52.5. The van der Waals surface area contributed by atoms with Crippen LogP contribution >= 0.6 is 0 Å². The minimum atomic E-state index is -0.773. The summed E-state index contributed by atoms with van der Waals surface area (Å²) in [5.41, 5.74) is 0. The second-order valence-corrected chi connectivity index (χ2v) is 18.8. The van der Waals surface area contributed by atoms with Gasteiger partial charge in [-0.05, 0) is 70.6 Å². The van der Waals surface area contributed by atoms with Gasteiger partial charge in [0.1, 0.15) is 13.2 Å². The van der Waals surface area contributed by atoms with E-state index < -0.39 is 6.10 Å². The first-order valence-electron chi connectivity index (χ1n) is 27.8. The van der Waals surface area contributed by atoms with Crippen molar-refractivity contribution >= 4 is 17.9 Å². The van der Waals surface area contributed by atoms with Crippen LogP contribution in [0.3, 0.4) is 0 Å². The smallest absolute Gasteiger partial charge is 0.306 e. The minimum Gasteiger partial charge on any atom is -0.462 e. The van der Waals surface area contributed by atoms with Gasteiger partial charge >= 0.3 is 17.9 Å². The SMILES string of the molecule is CCCCCCCC/C=C\CCCCCCCCCC(=O)OC[C@H](COC(=O)CCCCCCCCCCCCCCC)OC(=O)CCCCCCC/C=C\CCCCCCCC. The maximum absolute atomic E-state index is 12.8. The van der Waals surface area contributed by atoms with Gasteiger partial charge in [-0.1, -0.05) is 238 Å². The number of carbonyl (C=O) groups is 3. The number of unbranched alkanes of at least 4 members (excludes halogenated alkanes) is 36. The molecule has 0 saturated carbocycles. The van der Waals surface area contributed by atoms with Gasteiger partial charge in [0.25, 0.3) is 0 Å². The van der Waals surface area contributed by atoms with E-state index in [9.17, 15) is 14.4 Å². The standard InChI is InChI=1S/C57H106O6/c1-4-7-10-13-16-19-22-25-27-28-30-32-35-38-41-44-47-50-56(59)62-53-54(52-61-55(58)49-46-43-40-37-34-31-24-21-18-15-12-9-6-3)63-57(60)51-48-45-42-39-36-33-29-26-23-20-17-14-11-8-5-2/h25-27,29,54H,4-24,28,30-53H2,1-3H3/b27-25-,29-26-/t54-/m0/s1. The van der Waals surface area contributed by atoms with Crippen LogP contribution in [0.1, 0.15) is 303 Å². The second-order valence-electron chi connectivity index (χ2n) is 18.8. The number of ether oxygens (including phenoxy) is 3. The summed E-state index contributed by atoms with van der Waals surface area (Å²) in [7, 11) is 0. The fourth-order valence-corrected chi connectivity index (χ4v) is 8.20. The molecule has 6 nitrogen and oxygen atoms in total. The lowest BCUT2D eigenvalue weighted by atomic mass is 10.0. The zero-order valence-electron chi connectivity index (χ0n) is 42.4. The molecule has 0 aromatic carbocycles. The fraction of sp³-hybridized carbons (Fsp3) is 0.877. The van der Waals surface area contributed by atoms with E-state index in [0.29, 0.717) is 19.3 Å². The van der Waals surface area contributed by atoms with Gasteiger partial charge in [-0.15, -0.1) is 0 Å². The summed E-state index contributed by atoms with van der Waals surface area (Å²) in [6.07, 6.45) is 60.2. The zero-order chi connectivity index (χ0) is 45.8. The maximum atomic E-state index is 12.8. The molecule has 0 aliphatic heterocycles. The van der Waals surface area contributed by atoms with Crippen molar-refractivity contribution in [3.05, 3.63) is 24.3 Å². The fourth-order valence-electron chi connectivity index (χ4n) is 8.20. The van der Waals surface area contributed by atoms with Crippen LogP contribution in [0.2, 0.25) is 0 Å². The molecule has 0 amide bonds. The third-order valence-corrected chi connectivity index (χ3v) is 12.4. The molecule has 370 valence electrons. The molecule has 0 N–H and O–H groups in total. The Balaban J connectivity index is 4.34. The molecule has 0 aromatic heterocycles. The molecule has 1 atom stereocenters. The minimum absolute atomic E-state index is 0.0718. The Labute approximate surface area is 392 Å². The molecule has 0 rings (SSSR count). The highest BCUT2D eigenvalue weighted by atomic mass is 16.6. The van der Waals surface area contributed by atoms with Crippen molar-refractivity contribution in [2.24, 2.45) is 0 Å². The maximum Gasteiger partial charge on any atom is 0.306 e. The number of rotatable bonds is 51. The normalized spacial score (nSPS) is 12.1. The lowest BCUT2D eigenvalue weighted by molar-refractivity contribution is -0.167. The predicted molar refractivity (Wildman–Crippen MR) is 270 cm³/mol. The van der Waals surface area contributed by atoms with Gasteiger partial charge in [-0.2, -0.15) is 0 Å². The van der Waals surface area contributed by atoms with Crippen LogP contribution in [0, 0.1) is 0 Å².